The van der Waals surface area contributed by atoms with Gasteiger partial charge in [-0.2, -0.15) is 0 Å². The van der Waals surface area contributed by atoms with Crippen molar-refractivity contribution in [2.75, 3.05) is 6.61 Å². The Hall–Kier alpha value is -1.18. The molecule has 0 saturated heterocycles. The molecule has 0 aliphatic rings. The Morgan fingerprint density at radius 3 is 2.06 bits per heavy atom. The molecule has 5 N–H and O–H groups in total. The SMILES string of the molecule is CC(O)C(C)C(O)C(=O)NC(C)(CO)C(=O)O. The van der Waals surface area contributed by atoms with Gasteiger partial charge in [-0.1, -0.05) is 6.92 Å². The fourth-order valence-corrected chi connectivity index (χ4v) is 1.01. The Kier molecular flexibility index (Phi) is 5.53. The Morgan fingerprint density at radius 2 is 1.76 bits per heavy atom. The molecule has 4 atom stereocenters. The zero-order chi connectivity index (χ0) is 13.8. The zero-order valence-corrected chi connectivity index (χ0v) is 10.0. The molecule has 0 aliphatic heterocycles. The maximum absolute atomic E-state index is 11.5. The minimum atomic E-state index is -1.85. The average molecular weight is 249 g/mol. The Labute approximate surface area is 99.1 Å². The molecule has 0 aromatic carbocycles. The van der Waals surface area contributed by atoms with Gasteiger partial charge in [0.05, 0.1) is 12.7 Å². The average Bonchev–Trinajstić information content (AvgIpc) is 2.26. The van der Waals surface area contributed by atoms with Gasteiger partial charge in [0, 0.05) is 5.92 Å². The highest BCUT2D eigenvalue weighted by Crippen LogP contribution is 2.11. The third-order valence-electron chi connectivity index (χ3n) is 2.71. The predicted molar refractivity (Wildman–Crippen MR) is 58.1 cm³/mol. The summed E-state index contributed by atoms with van der Waals surface area (Å²) in [7, 11) is 0. The van der Waals surface area contributed by atoms with E-state index in [1.165, 1.54) is 13.8 Å². The van der Waals surface area contributed by atoms with E-state index in [1.807, 2.05) is 5.32 Å². The van der Waals surface area contributed by atoms with Gasteiger partial charge in [-0.15, -0.1) is 0 Å². The summed E-state index contributed by atoms with van der Waals surface area (Å²) in [4.78, 5) is 22.3. The molecule has 17 heavy (non-hydrogen) atoms. The first-order chi connectivity index (χ1) is 7.65. The Balaban J connectivity index is 4.69. The number of carboxylic acids is 1. The predicted octanol–water partition coefficient (Wildman–Crippen LogP) is -1.68. The highest BCUT2D eigenvalue weighted by atomic mass is 16.4. The molecule has 0 fully saturated rings. The number of carbonyl (C=O) groups excluding carboxylic acids is 1. The van der Waals surface area contributed by atoms with Crippen molar-refractivity contribution >= 4 is 11.9 Å². The molecule has 0 aliphatic carbocycles. The second-order valence-corrected chi connectivity index (χ2v) is 4.33. The summed E-state index contributed by atoms with van der Waals surface area (Å²) in [5.41, 5.74) is -1.85. The summed E-state index contributed by atoms with van der Waals surface area (Å²) in [6.07, 6.45) is -2.46. The lowest BCUT2D eigenvalue weighted by molar-refractivity contribution is -0.151. The summed E-state index contributed by atoms with van der Waals surface area (Å²) in [6.45, 7) is 3.17. The summed E-state index contributed by atoms with van der Waals surface area (Å²) >= 11 is 0. The molecule has 0 aromatic heterocycles. The number of carbonyl (C=O) groups is 2. The molecule has 0 saturated carbocycles. The highest BCUT2D eigenvalue weighted by molar-refractivity contribution is 5.89. The van der Waals surface area contributed by atoms with Gasteiger partial charge in [0.1, 0.15) is 6.10 Å². The van der Waals surface area contributed by atoms with Gasteiger partial charge < -0.3 is 25.7 Å². The lowest BCUT2D eigenvalue weighted by Gasteiger charge is -2.27. The number of hydrogen-bond donors (Lipinski definition) is 5. The van der Waals surface area contributed by atoms with Crippen molar-refractivity contribution in [3.05, 3.63) is 0 Å². The number of amides is 1. The van der Waals surface area contributed by atoms with Crippen LogP contribution >= 0.6 is 0 Å². The topological polar surface area (TPSA) is 127 Å². The number of nitrogens with one attached hydrogen (secondary N) is 1. The van der Waals surface area contributed by atoms with Crippen LogP contribution in [-0.4, -0.2) is 56.7 Å². The molecule has 4 unspecified atom stereocenters. The van der Waals surface area contributed by atoms with E-state index < -0.39 is 42.1 Å². The van der Waals surface area contributed by atoms with E-state index in [4.69, 9.17) is 10.2 Å². The van der Waals surface area contributed by atoms with Crippen LogP contribution in [-0.2, 0) is 9.59 Å². The van der Waals surface area contributed by atoms with E-state index >= 15 is 0 Å². The molecular formula is C10H19NO6. The summed E-state index contributed by atoms with van der Waals surface area (Å²) in [5.74, 6) is -3.10. The van der Waals surface area contributed by atoms with Crippen LogP contribution in [0.5, 0.6) is 0 Å². The van der Waals surface area contributed by atoms with Gasteiger partial charge in [0.2, 0.25) is 5.91 Å². The van der Waals surface area contributed by atoms with Crippen molar-refractivity contribution in [1.29, 1.82) is 0 Å². The monoisotopic (exact) mass is 249 g/mol. The van der Waals surface area contributed by atoms with Gasteiger partial charge in [-0.25, -0.2) is 4.79 Å². The van der Waals surface area contributed by atoms with Gasteiger partial charge in [0.15, 0.2) is 5.54 Å². The van der Waals surface area contributed by atoms with Gasteiger partial charge in [-0.3, -0.25) is 4.79 Å². The Morgan fingerprint density at radius 1 is 1.29 bits per heavy atom. The standard InChI is InChI=1S/C10H19NO6/c1-5(6(2)13)7(14)8(15)11-10(3,4-12)9(16)17/h5-7,12-14H,4H2,1-3H3,(H,11,15)(H,16,17). The van der Waals surface area contributed by atoms with Crippen LogP contribution in [0.15, 0.2) is 0 Å². The van der Waals surface area contributed by atoms with E-state index in [1.54, 1.807) is 0 Å². The van der Waals surface area contributed by atoms with E-state index in [9.17, 15) is 19.8 Å². The summed E-state index contributed by atoms with van der Waals surface area (Å²) in [5, 5.41) is 38.5. The van der Waals surface area contributed by atoms with Crippen LogP contribution in [0.2, 0.25) is 0 Å². The van der Waals surface area contributed by atoms with E-state index in [0.29, 0.717) is 0 Å². The van der Waals surface area contributed by atoms with Crippen LogP contribution in [0, 0.1) is 5.92 Å². The van der Waals surface area contributed by atoms with Crippen molar-refractivity contribution in [2.45, 2.75) is 38.5 Å². The number of aliphatic hydroxyl groups excluding tert-OH is 3. The first-order valence-electron chi connectivity index (χ1n) is 5.18. The number of carboxylic acid groups (broad SMARTS) is 1. The molecule has 0 spiro atoms. The first-order valence-corrected chi connectivity index (χ1v) is 5.18. The molecule has 0 rings (SSSR count). The lowest BCUT2D eigenvalue weighted by atomic mass is 9.96. The van der Waals surface area contributed by atoms with E-state index in [-0.39, 0.29) is 0 Å². The quantitative estimate of drug-likeness (QED) is 0.382. The second kappa shape index (κ2) is 5.95. The number of aliphatic carboxylic acids is 1. The van der Waals surface area contributed by atoms with Crippen molar-refractivity contribution in [1.82, 2.24) is 5.32 Å². The molecular weight excluding hydrogens is 230 g/mol. The normalized spacial score (nSPS) is 19.9. The molecule has 0 heterocycles. The van der Waals surface area contributed by atoms with Crippen LogP contribution < -0.4 is 5.32 Å². The van der Waals surface area contributed by atoms with Crippen LogP contribution in [0.1, 0.15) is 20.8 Å². The first kappa shape index (κ1) is 15.8. The van der Waals surface area contributed by atoms with Crippen molar-refractivity contribution in [3.8, 4) is 0 Å². The number of hydrogen-bond acceptors (Lipinski definition) is 5. The van der Waals surface area contributed by atoms with Gasteiger partial charge in [0.25, 0.3) is 0 Å². The minimum absolute atomic E-state index is 0.744. The fraction of sp³-hybridized carbons (Fsp3) is 0.800. The third kappa shape index (κ3) is 3.95. The molecule has 7 nitrogen and oxygen atoms in total. The number of aliphatic hydroxyl groups is 3. The molecule has 0 radical (unpaired) electrons. The van der Waals surface area contributed by atoms with E-state index in [2.05, 4.69) is 0 Å². The maximum Gasteiger partial charge on any atom is 0.331 e. The maximum atomic E-state index is 11.5. The Bertz CT molecular complexity index is 293. The summed E-state index contributed by atoms with van der Waals surface area (Å²) in [6, 6.07) is 0. The van der Waals surface area contributed by atoms with E-state index in [0.717, 1.165) is 6.92 Å². The minimum Gasteiger partial charge on any atom is -0.479 e. The molecule has 0 bridgehead atoms. The van der Waals surface area contributed by atoms with Crippen molar-refractivity contribution < 1.29 is 30.0 Å². The fourth-order valence-electron chi connectivity index (χ4n) is 1.01. The molecule has 1 amide bonds. The second-order valence-electron chi connectivity index (χ2n) is 4.33. The molecule has 100 valence electrons. The third-order valence-corrected chi connectivity index (χ3v) is 2.71. The largest absolute Gasteiger partial charge is 0.479 e. The number of rotatable bonds is 6. The highest BCUT2D eigenvalue weighted by Gasteiger charge is 2.37. The van der Waals surface area contributed by atoms with Gasteiger partial charge in [-0.05, 0) is 13.8 Å². The smallest absolute Gasteiger partial charge is 0.331 e. The summed E-state index contributed by atoms with van der Waals surface area (Å²) < 4.78 is 0. The zero-order valence-electron chi connectivity index (χ0n) is 10.0. The van der Waals surface area contributed by atoms with Gasteiger partial charge >= 0.3 is 5.97 Å². The van der Waals surface area contributed by atoms with Crippen molar-refractivity contribution in [3.63, 3.8) is 0 Å². The molecule has 0 aromatic rings. The van der Waals surface area contributed by atoms with Crippen LogP contribution in [0.25, 0.3) is 0 Å². The van der Waals surface area contributed by atoms with Crippen LogP contribution in [0.4, 0.5) is 0 Å². The molecule has 7 heteroatoms. The van der Waals surface area contributed by atoms with Crippen molar-refractivity contribution in [2.24, 2.45) is 5.92 Å². The lowest BCUT2D eigenvalue weighted by Crippen LogP contribution is -2.58. The van der Waals surface area contributed by atoms with Crippen LogP contribution in [0.3, 0.4) is 0 Å².